The molecule has 1 aromatic heterocycles. The van der Waals surface area contributed by atoms with Crippen molar-refractivity contribution in [3.8, 4) is 16.3 Å². The molecule has 53 heavy (non-hydrogen) atoms. The number of hydrogen-bond acceptors (Lipinski definition) is 11. The van der Waals surface area contributed by atoms with Crippen molar-refractivity contribution in [1.29, 1.82) is 0 Å². The molecule has 4 heterocycles. The number of aromatic nitrogens is 1. The van der Waals surface area contributed by atoms with Gasteiger partial charge in [-0.25, -0.2) is 18.2 Å². The van der Waals surface area contributed by atoms with Gasteiger partial charge in [-0.3, -0.25) is 23.9 Å². The molecular formula is C36H44N6O9S2. The summed E-state index contributed by atoms with van der Waals surface area (Å²) in [5.41, 5.74) is -0.576. The molecule has 5 aliphatic rings. The van der Waals surface area contributed by atoms with E-state index in [1.807, 2.05) is 36.4 Å². The van der Waals surface area contributed by atoms with Gasteiger partial charge in [0.05, 0.1) is 18.5 Å². The number of hydrogen-bond donors (Lipinski definition) is 4. The van der Waals surface area contributed by atoms with Crippen molar-refractivity contribution in [2.45, 2.75) is 99.5 Å². The molecule has 1 unspecified atom stereocenters. The SMILES string of the molecule is O=C1N[C@H]2CCCCC/C=C\[C@@H]3CC3(C(=O)NS(=O)(=O)C3CC3)NC(=O)[C@@H]3C[C@H](CN3C2=O)NC(=O)c2csc(n2)-c2cccc(c2)OCCCCO1. The minimum atomic E-state index is -3.90. The summed E-state index contributed by atoms with van der Waals surface area (Å²) in [6.07, 6.45) is 8.38. The van der Waals surface area contributed by atoms with Crippen LogP contribution in [0.1, 0.15) is 81.1 Å². The van der Waals surface area contributed by atoms with Crippen LogP contribution in [-0.4, -0.2) is 96.7 Å². The van der Waals surface area contributed by atoms with E-state index < -0.39 is 74.6 Å². The molecule has 15 nitrogen and oxygen atoms in total. The Hall–Kier alpha value is -4.51. The van der Waals surface area contributed by atoms with Crippen LogP contribution in [0.15, 0.2) is 41.8 Å². The van der Waals surface area contributed by atoms with E-state index in [1.165, 1.54) is 16.2 Å². The molecule has 284 valence electrons. The summed E-state index contributed by atoms with van der Waals surface area (Å²) >= 11 is 1.30. The molecule has 5 amide bonds. The molecule has 7 rings (SSSR count). The lowest BCUT2D eigenvalue weighted by Gasteiger charge is -2.30. The van der Waals surface area contributed by atoms with Crippen molar-refractivity contribution in [2.75, 3.05) is 19.8 Å². The van der Waals surface area contributed by atoms with Crippen molar-refractivity contribution in [2.24, 2.45) is 5.92 Å². The fraction of sp³-hybridized carbons (Fsp3) is 0.556. The predicted octanol–water partition coefficient (Wildman–Crippen LogP) is 2.78. The van der Waals surface area contributed by atoms with Crippen LogP contribution < -0.4 is 25.4 Å². The molecule has 3 fully saturated rings. The van der Waals surface area contributed by atoms with E-state index in [0.717, 1.165) is 18.4 Å². The maximum atomic E-state index is 14.3. The van der Waals surface area contributed by atoms with Crippen molar-refractivity contribution < 1.29 is 41.9 Å². The van der Waals surface area contributed by atoms with E-state index in [-0.39, 0.29) is 31.7 Å². The molecule has 4 N–H and O–H groups in total. The van der Waals surface area contributed by atoms with Crippen LogP contribution in [0.4, 0.5) is 4.79 Å². The molecular weight excluding hydrogens is 725 g/mol. The third kappa shape index (κ3) is 8.51. The smallest absolute Gasteiger partial charge is 0.407 e. The van der Waals surface area contributed by atoms with Crippen LogP contribution in [0, 0.1) is 5.92 Å². The number of nitrogens with zero attached hydrogens (tertiary/aromatic N) is 2. The topological polar surface area (TPSA) is 202 Å². The number of thiazole rings is 1. The molecule has 5 atom stereocenters. The molecule has 3 aliphatic heterocycles. The highest BCUT2D eigenvalue weighted by molar-refractivity contribution is 7.91. The first-order valence-electron chi connectivity index (χ1n) is 18.3. The normalized spacial score (nSPS) is 29.3. The van der Waals surface area contributed by atoms with E-state index in [4.69, 9.17) is 9.47 Å². The lowest BCUT2D eigenvalue weighted by molar-refractivity contribution is -0.141. The average Bonchev–Trinajstić information content (AvgIpc) is 4.01. The number of fused-ring (bicyclic) bond motifs is 8. The zero-order chi connectivity index (χ0) is 37.2. The number of cyclic esters (lactones) is 1. The van der Waals surface area contributed by atoms with Gasteiger partial charge in [0.2, 0.25) is 21.8 Å². The Morgan fingerprint density at radius 2 is 1.81 bits per heavy atom. The highest BCUT2D eigenvalue weighted by atomic mass is 32.2. The van der Waals surface area contributed by atoms with Gasteiger partial charge in [-0.2, -0.15) is 0 Å². The highest BCUT2D eigenvalue weighted by Crippen LogP contribution is 2.46. The second-order valence-electron chi connectivity index (χ2n) is 14.4. The number of ether oxygens (including phenoxy) is 2. The number of allylic oxidation sites excluding steroid dienone is 1. The van der Waals surface area contributed by atoms with Gasteiger partial charge in [0, 0.05) is 29.4 Å². The van der Waals surface area contributed by atoms with Gasteiger partial charge in [0.25, 0.3) is 11.8 Å². The Kier molecular flexibility index (Phi) is 10.7. The Morgan fingerprint density at radius 3 is 2.62 bits per heavy atom. The summed E-state index contributed by atoms with van der Waals surface area (Å²) in [6.45, 7) is 0.440. The van der Waals surface area contributed by atoms with Gasteiger partial charge in [0.1, 0.15) is 34.1 Å². The first kappa shape index (κ1) is 36.8. The first-order valence-corrected chi connectivity index (χ1v) is 20.7. The van der Waals surface area contributed by atoms with Crippen molar-refractivity contribution in [3.05, 3.63) is 47.5 Å². The largest absolute Gasteiger partial charge is 0.494 e. The maximum absolute atomic E-state index is 14.3. The molecule has 2 aliphatic carbocycles. The third-order valence-corrected chi connectivity index (χ3v) is 13.1. The maximum Gasteiger partial charge on any atom is 0.407 e. The highest BCUT2D eigenvalue weighted by Gasteiger charge is 2.62. The van der Waals surface area contributed by atoms with Crippen molar-refractivity contribution >= 4 is 51.1 Å². The summed E-state index contributed by atoms with van der Waals surface area (Å²) < 4.78 is 39.1. The van der Waals surface area contributed by atoms with Crippen LogP contribution in [0.3, 0.4) is 0 Å². The lowest BCUT2D eigenvalue weighted by atomic mass is 10.0. The minimum absolute atomic E-state index is 0.00936. The summed E-state index contributed by atoms with van der Waals surface area (Å²) in [4.78, 5) is 74.6. The van der Waals surface area contributed by atoms with E-state index in [2.05, 4.69) is 25.7 Å². The van der Waals surface area contributed by atoms with Gasteiger partial charge in [-0.15, -0.1) is 11.3 Å². The third-order valence-electron chi connectivity index (χ3n) is 10.4. The summed E-state index contributed by atoms with van der Waals surface area (Å²) in [5.74, 6) is -2.29. The number of alkyl carbamates (subject to hydrolysis) is 1. The number of rotatable bonds is 3. The van der Waals surface area contributed by atoms with E-state index in [1.54, 1.807) is 5.38 Å². The summed E-state index contributed by atoms with van der Waals surface area (Å²) in [5, 5.41) is 10.1. The monoisotopic (exact) mass is 768 g/mol. The standard InChI is InChI=1S/C36H44N6O9S2/c43-30-28-21-52-32(38-28)22-9-8-11-25(17-22)50-15-6-7-16-51-35(47)39-27-12-5-3-1-2-4-10-23-19-36(23,34(46)41-53(48,49)26-13-14-26)40-31(44)29-18-24(37-30)20-42(29)33(27)45/h4,8-11,17,21,23-24,26-27,29H,1-3,5-7,12-16,18-20H2,(H,37,43)(H,39,47)(H,40,44)(H,41,46)/b10-4-/t23-,24-,27+,29+,36?/m1/s1. The zero-order valence-electron chi connectivity index (χ0n) is 29.2. The molecule has 0 spiro atoms. The minimum Gasteiger partial charge on any atom is -0.494 e. The van der Waals surface area contributed by atoms with Crippen LogP contribution in [0.25, 0.3) is 10.6 Å². The molecule has 2 saturated carbocycles. The average molecular weight is 769 g/mol. The van der Waals surface area contributed by atoms with Gasteiger partial charge in [-0.1, -0.05) is 37.1 Å². The van der Waals surface area contributed by atoms with Crippen LogP contribution >= 0.6 is 11.3 Å². The summed E-state index contributed by atoms with van der Waals surface area (Å²) in [6, 6.07) is 4.53. The molecule has 0 radical (unpaired) electrons. The quantitative estimate of drug-likeness (QED) is 0.337. The number of carbonyl (C=O) groups excluding carboxylic acids is 5. The zero-order valence-corrected chi connectivity index (χ0v) is 30.8. The summed E-state index contributed by atoms with van der Waals surface area (Å²) in [7, 11) is -3.90. The van der Waals surface area contributed by atoms with Crippen LogP contribution in [0.5, 0.6) is 5.75 Å². The number of amides is 5. The Bertz CT molecular complexity index is 1900. The molecule has 2 aromatic rings. The number of carbonyl (C=O) groups is 5. The fourth-order valence-electron chi connectivity index (χ4n) is 7.14. The van der Waals surface area contributed by atoms with Crippen LogP contribution in [0.2, 0.25) is 0 Å². The molecule has 17 heteroatoms. The molecule has 1 aromatic carbocycles. The molecule has 7 bridgehead atoms. The number of nitrogens with one attached hydrogen (secondary N) is 4. The van der Waals surface area contributed by atoms with Gasteiger partial charge < -0.3 is 30.3 Å². The molecule has 1 saturated heterocycles. The van der Waals surface area contributed by atoms with E-state index in [0.29, 0.717) is 62.3 Å². The Balaban J connectivity index is 1.17. The van der Waals surface area contributed by atoms with E-state index in [9.17, 15) is 32.4 Å². The van der Waals surface area contributed by atoms with Crippen molar-refractivity contribution in [3.63, 3.8) is 0 Å². The van der Waals surface area contributed by atoms with Crippen LogP contribution in [-0.2, 0) is 29.1 Å². The Morgan fingerprint density at radius 1 is 1.00 bits per heavy atom. The van der Waals surface area contributed by atoms with Crippen molar-refractivity contribution in [1.82, 2.24) is 30.6 Å². The predicted molar refractivity (Wildman–Crippen MR) is 193 cm³/mol. The van der Waals surface area contributed by atoms with Gasteiger partial charge >= 0.3 is 6.09 Å². The number of sulfonamides is 1. The fourth-order valence-corrected chi connectivity index (χ4v) is 9.30. The Labute approximate surface area is 311 Å². The van der Waals surface area contributed by atoms with Gasteiger partial charge in [0.15, 0.2) is 0 Å². The van der Waals surface area contributed by atoms with E-state index >= 15 is 0 Å². The van der Waals surface area contributed by atoms with Gasteiger partial charge in [-0.05, 0) is 69.9 Å². The lowest BCUT2D eigenvalue weighted by Crippen LogP contribution is -2.58. The second-order valence-corrected chi connectivity index (χ2v) is 17.2. The second kappa shape index (κ2) is 15.5. The first-order chi connectivity index (χ1) is 25.5. The number of benzene rings is 1.